The monoisotopic (exact) mass is 316 g/mol. The Morgan fingerprint density at radius 2 is 1.63 bits per heavy atom. The predicted molar refractivity (Wildman–Crippen MR) is 83.4 cm³/mol. The molecule has 3 rings (SSSR count). The zero-order valence-electron chi connectivity index (χ0n) is 11.6. The van der Waals surface area contributed by atoms with E-state index in [4.69, 9.17) is 0 Å². The van der Waals surface area contributed by atoms with Gasteiger partial charge in [0, 0.05) is 0 Å². The van der Waals surface area contributed by atoms with Crippen molar-refractivity contribution in [1.29, 1.82) is 0 Å². The fraction of sp³-hybridized carbons (Fsp3) is 0.333. The molecule has 2 aromatic carbocycles. The Hall–Kier alpha value is -1.04. The first-order valence-electron chi connectivity index (χ1n) is 6.98. The molecule has 1 atom stereocenters. The molecule has 19 heavy (non-hydrogen) atoms. The zero-order chi connectivity index (χ0) is 13.3. The molecule has 98 valence electrons. The normalized spacial score (nSPS) is 20.8. The molecule has 2 aromatic rings. The Kier molecular flexibility index (Phi) is 3.52. The summed E-state index contributed by atoms with van der Waals surface area (Å²) in [7, 11) is 0. The first kappa shape index (κ1) is 13.0. The van der Waals surface area contributed by atoms with Gasteiger partial charge in [0.05, 0.1) is 0 Å². The predicted octanol–water partition coefficient (Wildman–Crippen LogP) is 3.73. The molecule has 0 spiro atoms. The standard InChI is InChI=1S/C18H20Se/c1-18(2)16-11-7-6-8-14(16)12-13-17(18)19-15-9-4-3-5-10-15/h3-11,17H,12-13H2,1-2H3. The molecular formula is C18H20Se. The van der Waals surface area contributed by atoms with Gasteiger partial charge in [-0.3, -0.25) is 0 Å². The molecule has 0 N–H and O–H groups in total. The van der Waals surface area contributed by atoms with Crippen molar-refractivity contribution in [3.8, 4) is 0 Å². The summed E-state index contributed by atoms with van der Waals surface area (Å²) in [5.41, 5.74) is 3.45. The van der Waals surface area contributed by atoms with E-state index in [1.807, 2.05) is 0 Å². The maximum absolute atomic E-state index is 2.43. The summed E-state index contributed by atoms with van der Waals surface area (Å²) in [5, 5.41) is 0. The minimum absolute atomic E-state index is 0.310. The van der Waals surface area contributed by atoms with Crippen molar-refractivity contribution in [3.05, 3.63) is 65.7 Å². The van der Waals surface area contributed by atoms with E-state index >= 15 is 0 Å². The van der Waals surface area contributed by atoms with E-state index in [1.54, 1.807) is 11.1 Å². The molecule has 0 saturated carbocycles. The fourth-order valence-corrected chi connectivity index (χ4v) is 5.79. The van der Waals surface area contributed by atoms with Crippen LogP contribution >= 0.6 is 0 Å². The van der Waals surface area contributed by atoms with Gasteiger partial charge in [0.2, 0.25) is 0 Å². The van der Waals surface area contributed by atoms with E-state index in [2.05, 4.69) is 68.4 Å². The van der Waals surface area contributed by atoms with Gasteiger partial charge in [-0.1, -0.05) is 0 Å². The molecule has 0 fully saturated rings. The van der Waals surface area contributed by atoms with Crippen LogP contribution in [-0.2, 0) is 11.8 Å². The number of benzene rings is 2. The summed E-state index contributed by atoms with van der Waals surface area (Å²) in [6.45, 7) is 4.86. The van der Waals surface area contributed by atoms with Crippen molar-refractivity contribution in [3.63, 3.8) is 0 Å². The van der Waals surface area contributed by atoms with Gasteiger partial charge >= 0.3 is 122 Å². The summed E-state index contributed by atoms with van der Waals surface area (Å²) >= 11 is 0.568. The van der Waals surface area contributed by atoms with Crippen LogP contribution in [0.4, 0.5) is 0 Å². The van der Waals surface area contributed by atoms with Gasteiger partial charge in [0.15, 0.2) is 0 Å². The van der Waals surface area contributed by atoms with Gasteiger partial charge in [-0.05, 0) is 0 Å². The molecule has 1 heteroatoms. The first-order chi connectivity index (χ1) is 9.18. The van der Waals surface area contributed by atoms with Crippen LogP contribution in [0.2, 0.25) is 4.82 Å². The van der Waals surface area contributed by atoms with Crippen LogP contribution in [0.1, 0.15) is 31.4 Å². The van der Waals surface area contributed by atoms with E-state index in [0.717, 1.165) is 4.82 Å². The van der Waals surface area contributed by atoms with Crippen LogP contribution in [-0.4, -0.2) is 15.0 Å². The molecule has 0 heterocycles. The molecule has 0 aliphatic heterocycles. The quantitative estimate of drug-likeness (QED) is 0.741. The van der Waals surface area contributed by atoms with Crippen LogP contribution in [0, 0.1) is 0 Å². The van der Waals surface area contributed by atoms with Gasteiger partial charge in [-0.15, -0.1) is 0 Å². The van der Waals surface area contributed by atoms with Crippen LogP contribution in [0.25, 0.3) is 0 Å². The zero-order valence-corrected chi connectivity index (χ0v) is 13.3. The number of aryl methyl sites for hydroxylation is 1. The number of fused-ring (bicyclic) bond motifs is 1. The van der Waals surface area contributed by atoms with Crippen LogP contribution in [0.5, 0.6) is 0 Å². The molecule has 1 aliphatic carbocycles. The van der Waals surface area contributed by atoms with E-state index in [0.29, 0.717) is 20.4 Å². The second kappa shape index (κ2) is 5.15. The van der Waals surface area contributed by atoms with Crippen molar-refractivity contribution in [2.24, 2.45) is 0 Å². The SMILES string of the molecule is CC1(C)c2ccccc2CCC1[Se]c1ccccc1. The first-order valence-corrected chi connectivity index (χ1v) is 8.82. The van der Waals surface area contributed by atoms with Gasteiger partial charge in [0.25, 0.3) is 0 Å². The molecule has 0 nitrogen and oxygen atoms in total. The van der Waals surface area contributed by atoms with Crippen molar-refractivity contribution >= 4 is 19.4 Å². The Morgan fingerprint density at radius 1 is 0.947 bits per heavy atom. The van der Waals surface area contributed by atoms with Crippen LogP contribution < -0.4 is 4.46 Å². The van der Waals surface area contributed by atoms with E-state index < -0.39 is 0 Å². The molecular weight excluding hydrogens is 295 g/mol. The topological polar surface area (TPSA) is 0 Å². The Balaban J connectivity index is 1.89. The average molecular weight is 315 g/mol. The third kappa shape index (κ3) is 2.50. The van der Waals surface area contributed by atoms with E-state index in [9.17, 15) is 0 Å². The van der Waals surface area contributed by atoms with E-state index in [-0.39, 0.29) is 0 Å². The summed E-state index contributed by atoms with van der Waals surface area (Å²) < 4.78 is 1.53. The Labute approximate surface area is 122 Å². The minimum atomic E-state index is 0.310. The number of hydrogen-bond acceptors (Lipinski definition) is 0. The molecule has 0 saturated heterocycles. The molecule has 0 aromatic heterocycles. The number of rotatable bonds is 2. The molecule has 0 bridgehead atoms. The van der Waals surface area contributed by atoms with Gasteiger partial charge in [-0.25, -0.2) is 0 Å². The summed E-state index contributed by atoms with van der Waals surface area (Å²) in [6, 6.07) is 20.0. The van der Waals surface area contributed by atoms with Crippen LogP contribution in [0.3, 0.4) is 0 Å². The van der Waals surface area contributed by atoms with Gasteiger partial charge in [0.1, 0.15) is 0 Å². The van der Waals surface area contributed by atoms with Crippen molar-refractivity contribution in [1.82, 2.24) is 0 Å². The van der Waals surface area contributed by atoms with Gasteiger partial charge in [-0.2, -0.15) is 0 Å². The van der Waals surface area contributed by atoms with Crippen molar-refractivity contribution in [2.45, 2.75) is 36.9 Å². The number of hydrogen-bond donors (Lipinski definition) is 0. The van der Waals surface area contributed by atoms with Crippen LogP contribution in [0.15, 0.2) is 54.6 Å². The Bertz CT molecular complexity index is 557. The third-order valence-corrected chi connectivity index (χ3v) is 7.68. The van der Waals surface area contributed by atoms with Gasteiger partial charge < -0.3 is 0 Å². The summed E-state index contributed by atoms with van der Waals surface area (Å²) in [5.74, 6) is 0. The van der Waals surface area contributed by atoms with Crippen molar-refractivity contribution < 1.29 is 0 Å². The Morgan fingerprint density at radius 3 is 2.42 bits per heavy atom. The average Bonchev–Trinajstić information content (AvgIpc) is 2.44. The third-order valence-electron chi connectivity index (χ3n) is 4.21. The second-order valence-corrected chi connectivity index (χ2v) is 8.51. The maximum atomic E-state index is 2.43. The van der Waals surface area contributed by atoms with E-state index in [1.165, 1.54) is 17.3 Å². The molecule has 0 radical (unpaired) electrons. The molecule has 1 unspecified atom stereocenters. The second-order valence-electron chi connectivity index (χ2n) is 5.84. The fourth-order valence-electron chi connectivity index (χ4n) is 3.06. The molecule has 0 amide bonds. The summed E-state index contributed by atoms with van der Waals surface area (Å²) in [4.78, 5) is 0.803. The summed E-state index contributed by atoms with van der Waals surface area (Å²) in [6.07, 6.45) is 2.58. The van der Waals surface area contributed by atoms with Crippen molar-refractivity contribution in [2.75, 3.05) is 0 Å². The molecule has 1 aliphatic rings.